The molecule has 1 saturated carbocycles. The summed E-state index contributed by atoms with van der Waals surface area (Å²) in [5, 5.41) is 2.09. The Labute approximate surface area is 95.5 Å². The minimum atomic E-state index is -0.293. The lowest BCUT2D eigenvalue weighted by Crippen LogP contribution is -2.20. The van der Waals surface area contributed by atoms with Crippen LogP contribution in [0.3, 0.4) is 0 Å². The Morgan fingerprint density at radius 3 is 2.87 bits per heavy atom. The van der Waals surface area contributed by atoms with Crippen LogP contribution in [0, 0.1) is 0 Å². The summed E-state index contributed by atoms with van der Waals surface area (Å²) in [6, 6.07) is 4.26. The number of carbonyl (C=O) groups is 1. The molecule has 1 fully saturated rings. The van der Waals surface area contributed by atoms with Gasteiger partial charge in [-0.3, -0.25) is 4.79 Å². The van der Waals surface area contributed by atoms with Crippen LogP contribution in [-0.4, -0.2) is 13.1 Å². The molecule has 0 radical (unpaired) electrons. The van der Waals surface area contributed by atoms with E-state index >= 15 is 0 Å². The van der Waals surface area contributed by atoms with Crippen LogP contribution in [0.5, 0.6) is 0 Å². The lowest BCUT2D eigenvalue weighted by molar-refractivity contribution is -0.143. The number of carbonyl (C=O) groups excluding carboxylic acids is 1. The van der Waals surface area contributed by atoms with Crippen molar-refractivity contribution < 1.29 is 9.53 Å². The summed E-state index contributed by atoms with van der Waals surface area (Å²) in [6.07, 6.45) is 1.88. The molecule has 78 valence electrons. The zero-order valence-electron chi connectivity index (χ0n) is 8.28. The Balaban J connectivity index is 2.07. The molecule has 0 unspecified atom stereocenters. The van der Waals surface area contributed by atoms with Gasteiger partial charge < -0.3 is 4.74 Å². The van der Waals surface area contributed by atoms with Crippen molar-refractivity contribution >= 4 is 38.0 Å². The lowest BCUT2D eigenvalue weighted by atomic mass is 10.1. The predicted molar refractivity (Wildman–Crippen MR) is 62.6 cm³/mol. The second-order valence-electron chi connectivity index (χ2n) is 3.83. The van der Waals surface area contributed by atoms with Gasteiger partial charge in [-0.25, -0.2) is 0 Å². The van der Waals surface area contributed by atoms with Crippen LogP contribution in [0.4, 0.5) is 0 Å². The third-order valence-corrected chi connectivity index (χ3v) is 5.23. The van der Waals surface area contributed by atoms with Crippen molar-refractivity contribution in [1.82, 2.24) is 0 Å². The van der Waals surface area contributed by atoms with Gasteiger partial charge in [0.2, 0.25) is 0 Å². The summed E-state index contributed by atoms with van der Waals surface area (Å²) in [6.45, 7) is 0. The fraction of sp³-hybridized carbons (Fsp3) is 0.364. The molecule has 0 atom stereocenters. The van der Waals surface area contributed by atoms with Crippen LogP contribution >= 0.6 is 22.7 Å². The zero-order valence-corrected chi connectivity index (χ0v) is 9.91. The molecular weight excluding hydrogens is 228 g/mol. The Morgan fingerprint density at radius 1 is 1.47 bits per heavy atom. The van der Waals surface area contributed by atoms with Gasteiger partial charge in [-0.1, -0.05) is 0 Å². The van der Waals surface area contributed by atoms with E-state index in [4.69, 9.17) is 4.74 Å². The van der Waals surface area contributed by atoms with Gasteiger partial charge in [0, 0.05) is 14.3 Å². The van der Waals surface area contributed by atoms with E-state index in [0.717, 1.165) is 12.8 Å². The fourth-order valence-electron chi connectivity index (χ4n) is 1.87. The molecule has 4 heteroatoms. The van der Waals surface area contributed by atoms with Crippen molar-refractivity contribution in [2.45, 2.75) is 18.3 Å². The number of hydrogen-bond acceptors (Lipinski definition) is 4. The summed E-state index contributed by atoms with van der Waals surface area (Å²) in [4.78, 5) is 12.9. The summed E-state index contributed by atoms with van der Waals surface area (Å²) < 4.78 is 7.44. The molecule has 2 aromatic heterocycles. The second-order valence-corrected chi connectivity index (χ2v) is 5.86. The Kier molecular flexibility index (Phi) is 1.91. The maximum atomic E-state index is 11.7. The molecule has 0 aliphatic heterocycles. The first kappa shape index (κ1) is 9.36. The normalized spacial score (nSPS) is 17.9. The average Bonchev–Trinajstić information content (AvgIpc) is 2.76. The first-order valence-corrected chi connectivity index (χ1v) is 6.52. The molecule has 0 bridgehead atoms. The fourth-order valence-corrected chi connectivity index (χ4v) is 4.22. The van der Waals surface area contributed by atoms with E-state index in [2.05, 4.69) is 17.5 Å². The van der Waals surface area contributed by atoms with E-state index in [1.165, 1.54) is 21.4 Å². The van der Waals surface area contributed by atoms with E-state index in [9.17, 15) is 4.79 Å². The van der Waals surface area contributed by atoms with Gasteiger partial charge in [0.05, 0.1) is 7.11 Å². The number of fused-ring (bicyclic) bond motifs is 1. The number of methoxy groups -OCH3 is 1. The standard InChI is InChI=1S/C11H10O2S2/c1-13-10(12)11(3-4-11)9-6-8-7(15-9)2-5-14-8/h2,5-6H,3-4H2,1H3. The van der Waals surface area contributed by atoms with Crippen LogP contribution in [0.2, 0.25) is 0 Å². The molecule has 15 heavy (non-hydrogen) atoms. The largest absolute Gasteiger partial charge is 0.468 e. The topological polar surface area (TPSA) is 26.3 Å². The van der Waals surface area contributed by atoms with E-state index in [-0.39, 0.29) is 11.4 Å². The minimum Gasteiger partial charge on any atom is -0.468 e. The molecule has 1 aliphatic rings. The highest BCUT2D eigenvalue weighted by atomic mass is 32.1. The second kappa shape index (κ2) is 3.06. The molecule has 0 aromatic carbocycles. The van der Waals surface area contributed by atoms with Crippen molar-refractivity contribution in [2.75, 3.05) is 7.11 Å². The van der Waals surface area contributed by atoms with Crippen molar-refractivity contribution in [1.29, 1.82) is 0 Å². The smallest absolute Gasteiger partial charge is 0.317 e. The van der Waals surface area contributed by atoms with Crippen molar-refractivity contribution in [3.05, 3.63) is 22.4 Å². The Hall–Kier alpha value is -0.870. The highest BCUT2D eigenvalue weighted by Gasteiger charge is 2.53. The van der Waals surface area contributed by atoms with Gasteiger partial charge in [0.1, 0.15) is 5.41 Å². The predicted octanol–water partition coefficient (Wildman–Crippen LogP) is 3.17. The zero-order chi connectivity index (χ0) is 10.5. The van der Waals surface area contributed by atoms with Crippen LogP contribution in [0.1, 0.15) is 17.7 Å². The number of thiophene rings is 2. The SMILES string of the molecule is COC(=O)C1(c2cc3sccc3s2)CC1. The summed E-state index contributed by atoms with van der Waals surface area (Å²) >= 11 is 3.46. The maximum Gasteiger partial charge on any atom is 0.317 e. The van der Waals surface area contributed by atoms with E-state index < -0.39 is 0 Å². The van der Waals surface area contributed by atoms with Crippen LogP contribution < -0.4 is 0 Å². The monoisotopic (exact) mass is 238 g/mol. The third-order valence-electron chi connectivity index (χ3n) is 2.94. The van der Waals surface area contributed by atoms with Gasteiger partial charge in [0.25, 0.3) is 0 Å². The van der Waals surface area contributed by atoms with Crippen LogP contribution in [0.25, 0.3) is 9.40 Å². The molecular formula is C11H10O2S2. The Morgan fingerprint density at radius 2 is 2.27 bits per heavy atom. The highest BCUT2D eigenvalue weighted by molar-refractivity contribution is 7.27. The maximum absolute atomic E-state index is 11.7. The van der Waals surface area contributed by atoms with Crippen molar-refractivity contribution in [2.24, 2.45) is 0 Å². The highest BCUT2D eigenvalue weighted by Crippen LogP contribution is 2.52. The molecule has 0 amide bonds. The quantitative estimate of drug-likeness (QED) is 0.751. The summed E-state index contributed by atoms with van der Waals surface area (Å²) in [5.74, 6) is -0.0728. The molecule has 0 saturated heterocycles. The molecule has 0 N–H and O–H groups in total. The van der Waals surface area contributed by atoms with E-state index in [1.54, 1.807) is 22.7 Å². The van der Waals surface area contributed by atoms with Gasteiger partial charge in [-0.15, -0.1) is 22.7 Å². The van der Waals surface area contributed by atoms with Crippen LogP contribution in [0.15, 0.2) is 17.5 Å². The average molecular weight is 238 g/mol. The third kappa shape index (κ3) is 1.25. The first-order chi connectivity index (χ1) is 7.26. The molecule has 2 aromatic rings. The molecule has 0 spiro atoms. The number of rotatable bonds is 2. The summed E-state index contributed by atoms with van der Waals surface area (Å²) in [5.41, 5.74) is -0.293. The van der Waals surface area contributed by atoms with Crippen LogP contribution in [-0.2, 0) is 14.9 Å². The van der Waals surface area contributed by atoms with E-state index in [0.29, 0.717) is 0 Å². The molecule has 3 rings (SSSR count). The first-order valence-electron chi connectivity index (χ1n) is 4.82. The van der Waals surface area contributed by atoms with Crippen molar-refractivity contribution in [3.63, 3.8) is 0 Å². The summed E-state index contributed by atoms with van der Waals surface area (Å²) in [7, 11) is 1.47. The number of esters is 1. The Bertz CT molecular complexity index is 491. The van der Waals surface area contributed by atoms with Gasteiger partial charge in [-0.2, -0.15) is 0 Å². The minimum absolute atomic E-state index is 0.0728. The molecule has 2 heterocycles. The molecule has 1 aliphatic carbocycles. The lowest BCUT2D eigenvalue weighted by Gasteiger charge is -2.09. The van der Waals surface area contributed by atoms with Gasteiger partial charge in [0.15, 0.2) is 0 Å². The van der Waals surface area contributed by atoms with E-state index in [1.807, 2.05) is 0 Å². The van der Waals surface area contributed by atoms with Gasteiger partial charge in [-0.05, 0) is 30.4 Å². The number of hydrogen-bond donors (Lipinski definition) is 0. The van der Waals surface area contributed by atoms with Crippen molar-refractivity contribution in [3.8, 4) is 0 Å². The molecule has 2 nitrogen and oxygen atoms in total. The van der Waals surface area contributed by atoms with Gasteiger partial charge >= 0.3 is 5.97 Å². The number of ether oxygens (including phenoxy) is 1.